The average molecular weight is 423 g/mol. The van der Waals surface area contributed by atoms with Gasteiger partial charge in [-0.2, -0.15) is 0 Å². The van der Waals surface area contributed by atoms with Gasteiger partial charge in [-0.3, -0.25) is 14.9 Å². The second-order valence-corrected chi connectivity index (χ2v) is 7.87. The standard InChI is InChI=1S/C22H21N3O4S/c1-28-14-9-7-13(8-10-14)20(26)25-22-24-19-15(11-12-18(19)30-22)21(27)23-16-5-3-4-6-17(16)29-2/h3-10,15H,11-12H2,1-2H3,(H,23,27)(H,24,25,26). The van der Waals surface area contributed by atoms with Gasteiger partial charge in [0, 0.05) is 10.4 Å². The molecule has 154 valence electrons. The minimum Gasteiger partial charge on any atom is -0.497 e. The topological polar surface area (TPSA) is 89.5 Å². The molecule has 0 saturated heterocycles. The Kier molecular flexibility index (Phi) is 5.67. The quantitative estimate of drug-likeness (QED) is 0.624. The summed E-state index contributed by atoms with van der Waals surface area (Å²) in [5.74, 6) is 0.558. The molecule has 0 spiro atoms. The van der Waals surface area contributed by atoms with E-state index in [2.05, 4.69) is 15.6 Å². The number of carbonyl (C=O) groups excluding carboxylic acids is 2. The fourth-order valence-electron chi connectivity index (χ4n) is 3.42. The molecule has 2 aromatic carbocycles. The fraction of sp³-hybridized carbons (Fsp3) is 0.227. The molecule has 1 aliphatic rings. The number of benzene rings is 2. The maximum atomic E-state index is 12.9. The fourth-order valence-corrected chi connectivity index (χ4v) is 4.45. The van der Waals surface area contributed by atoms with Crippen LogP contribution in [-0.2, 0) is 11.2 Å². The molecule has 4 rings (SSSR count). The molecular formula is C22H21N3O4S. The predicted octanol–water partition coefficient (Wildman–Crippen LogP) is 4.08. The minimum atomic E-state index is -0.354. The van der Waals surface area contributed by atoms with Gasteiger partial charge in [0.2, 0.25) is 5.91 Å². The molecule has 8 heteroatoms. The van der Waals surface area contributed by atoms with Crippen molar-refractivity contribution < 1.29 is 19.1 Å². The molecule has 1 atom stereocenters. The van der Waals surface area contributed by atoms with Gasteiger partial charge in [0.1, 0.15) is 11.5 Å². The number of thiazole rings is 1. The van der Waals surface area contributed by atoms with Crippen LogP contribution in [0, 0.1) is 0 Å². The summed E-state index contributed by atoms with van der Waals surface area (Å²) in [4.78, 5) is 30.9. The average Bonchev–Trinajstić information content (AvgIpc) is 3.34. The van der Waals surface area contributed by atoms with Crippen LogP contribution in [0.15, 0.2) is 48.5 Å². The summed E-state index contributed by atoms with van der Waals surface area (Å²) in [6, 6.07) is 14.1. The van der Waals surface area contributed by atoms with Crippen LogP contribution in [0.3, 0.4) is 0 Å². The zero-order chi connectivity index (χ0) is 21.1. The lowest BCUT2D eigenvalue weighted by Crippen LogP contribution is -2.20. The van der Waals surface area contributed by atoms with Gasteiger partial charge in [-0.05, 0) is 49.2 Å². The van der Waals surface area contributed by atoms with Crippen LogP contribution in [0.25, 0.3) is 0 Å². The first-order valence-electron chi connectivity index (χ1n) is 9.48. The van der Waals surface area contributed by atoms with Crippen molar-refractivity contribution in [3.05, 3.63) is 64.7 Å². The molecule has 30 heavy (non-hydrogen) atoms. The number of hydrogen-bond donors (Lipinski definition) is 2. The van der Waals surface area contributed by atoms with Crippen LogP contribution in [0.1, 0.15) is 33.3 Å². The van der Waals surface area contributed by atoms with Gasteiger partial charge in [-0.1, -0.05) is 12.1 Å². The monoisotopic (exact) mass is 423 g/mol. The third-order valence-electron chi connectivity index (χ3n) is 4.97. The third kappa shape index (κ3) is 3.99. The van der Waals surface area contributed by atoms with Crippen molar-refractivity contribution in [2.75, 3.05) is 24.9 Å². The first kappa shape index (κ1) is 19.9. The van der Waals surface area contributed by atoms with Gasteiger partial charge in [-0.25, -0.2) is 4.98 Å². The van der Waals surface area contributed by atoms with Crippen LogP contribution >= 0.6 is 11.3 Å². The Balaban J connectivity index is 1.46. The number of carbonyl (C=O) groups is 2. The number of hydrogen-bond acceptors (Lipinski definition) is 6. The highest BCUT2D eigenvalue weighted by atomic mass is 32.1. The molecule has 2 N–H and O–H groups in total. The molecule has 0 saturated carbocycles. The minimum absolute atomic E-state index is 0.128. The Bertz CT molecular complexity index is 1080. The van der Waals surface area contributed by atoms with Gasteiger partial charge in [0.25, 0.3) is 5.91 Å². The number of amides is 2. The van der Waals surface area contributed by atoms with Gasteiger partial charge in [0.05, 0.1) is 31.5 Å². The molecule has 0 fully saturated rings. The summed E-state index contributed by atoms with van der Waals surface area (Å²) in [5, 5.41) is 6.26. The Labute approximate surface area is 178 Å². The lowest BCUT2D eigenvalue weighted by Gasteiger charge is -2.13. The lowest BCUT2D eigenvalue weighted by molar-refractivity contribution is -0.117. The van der Waals surface area contributed by atoms with Crippen molar-refractivity contribution in [1.82, 2.24) is 4.98 Å². The van der Waals surface area contributed by atoms with Crippen molar-refractivity contribution in [3.8, 4) is 11.5 Å². The zero-order valence-electron chi connectivity index (χ0n) is 16.6. The summed E-state index contributed by atoms with van der Waals surface area (Å²) >= 11 is 1.42. The van der Waals surface area contributed by atoms with Crippen molar-refractivity contribution in [3.63, 3.8) is 0 Å². The normalized spacial score (nSPS) is 14.7. The number of nitrogens with one attached hydrogen (secondary N) is 2. The van der Waals surface area contributed by atoms with Crippen LogP contribution in [0.4, 0.5) is 10.8 Å². The number of rotatable bonds is 6. The molecule has 0 radical (unpaired) electrons. The van der Waals surface area contributed by atoms with E-state index in [1.54, 1.807) is 50.6 Å². The number of anilines is 2. The van der Waals surface area contributed by atoms with Crippen molar-refractivity contribution in [1.29, 1.82) is 0 Å². The second kappa shape index (κ2) is 8.54. The highest BCUT2D eigenvalue weighted by molar-refractivity contribution is 7.16. The first-order valence-corrected chi connectivity index (χ1v) is 10.3. The number of ether oxygens (including phenoxy) is 2. The van der Waals surface area contributed by atoms with Crippen molar-refractivity contribution in [2.45, 2.75) is 18.8 Å². The van der Waals surface area contributed by atoms with E-state index >= 15 is 0 Å². The molecule has 0 aliphatic heterocycles. The molecule has 1 heterocycles. The van der Waals surface area contributed by atoms with Crippen LogP contribution < -0.4 is 20.1 Å². The zero-order valence-corrected chi connectivity index (χ0v) is 17.4. The molecule has 7 nitrogen and oxygen atoms in total. The summed E-state index contributed by atoms with van der Waals surface area (Å²) in [5.41, 5.74) is 1.87. The van der Waals surface area contributed by atoms with E-state index in [-0.39, 0.29) is 17.7 Å². The Hall–Kier alpha value is -3.39. The number of aryl methyl sites for hydroxylation is 1. The van der Waals surface area contributed by atoms with Crippen molar-refractivity contribution >= 4 is 34.0 Å². The summed E-state index contributed by atoms with van der Waals surface area (Å²) in [6.45, 7) is 0. The van der Waals surface area contributed by atoms with Gasteiger partial charge in [-0.15, -0.1) is 11.3 Å². The molecule has 1 unspecified atom stereocenters. The largest absolute Gasteiger partial charge is 0.497 e. The number of fused-ring (bicyclic) bond motifs is 1. The third-order valence-corrected chi connectivity index (χ3v) is 6.02. The number of methoxy groups -OCH3 is 2. The SMILES string of the molecule is COc1ccc(C(=O)Nc2nc3c(s2)CCC3C(=O)Nc2ccccc2OC)cc1. The van der Waals surface area contributed by atoms with E-state index in [1.807, 2.05) is 12.1 Å². The predicted molar refractivity (Wildman–Crippen MR) is 116 cm³/mol. The van der Waals surface area contributed by atoms with Crippen LogP contribution in [0.5, 0.6) is 11.5 Å². The second-order valence-electron chi connectivity index (χ2n) is 6.79. The maximum absolute atomic E-state index is 12.9. The lowest BCUT2D eigenvalue weighted by atomic mass is 10.1. The Morgan fingerprint density at radius 1 is 1.03 bits per heavy atom. The molecule has 1 aromatic heterocycles. The van der Waals surface area contributed by atoms with E-state index in [4.69, 9.17) is 9.47 Å². The summed E-state index contributed by atoms with van der Waals surface area (Å²) < 4.78 is 10.4. The first-order chi connectivity index (χ1) is 14.6. The van der Waals surface area contributed by atoms with E-state index in [0.29, 0.717) is 34.3 Å². The molecular weight excluding hydrogens is 402 g/mol. The number of nitrogens with zero attached hydrogens (tertiary/aromatic N) is 1. The van der Waals surface area contributed by atoms with Gasteiger partial charge >= 0.3 is 0 Å². The van der Waals surface area contributed by atoms with E-state index in [1.165, 1.54) is 11.3 Å². The van der Waals surface area contributed by atoms with Crippen LogP contribution in [-0.4, -0.2) is 31.0 Å². The molecule has 0 bridgehead atoms. The van der Waals surface area contributed by atoms with E-state index in [0.717, 1.165) is 17.0 Å². The summed E-state index contributed by atoms with van der Waals surface area (Å²) in [6.07, 6.45) is 1.46. The Morgan fingerprint density at radius 3 is 2.53 bits per heavy atom. The van der Waals surface area contributed by atoms with Gasteiger partial charge < -0.3 is 14.8 Å². The highest BCUT2D eigenvalue weighted by Crippen LogP contribution is 2.39. The molecule has 2 amide bonds. The number of para-hydroxylation sites is 2. The number of aromatic nitrogens is 1. The maximum Gasteiger partial charge on any atom is 0.257 e. The van der Waals surface area contributed by atoms with Crippen LogP contribution in [0.2, 0.25) is 0 Å². The van der Waals surface area contributed by atoms with Gasteiger partial charge in [0.15, 0.2) is 5.13 Å². The molecule has 1 aliphatic carbocycles. The van der Waals surface area contributed by atoms with Crippen molar-refractivity contribution in [2.24, 2.45) is 0 Å². The Morgan fingerprint density at radius 2 is 1.80 bits per heavy atom. The molecule has 3 aromatic rings. The highest BCUT2D eigenvalue weighted by Gasteiger charge is 2.33. The van der Waals surface area contributed by atoms with E-state index in [9.17, 15) is 9.59 Å². The van der Waals surface area contributed by atoms with E-state index < -0.39 is 0 Å². The smallest absolute Gasteiger partial charge is 0.257 e. The summed E-state index contributed by atoms with van der Waals surface area (Å²) in [7, 11) is 3.14.